The number of nitrogens with one attached hydrogen (secondary N) is 1. The van der Waals surface area contributed by atoms with Gasteiger partial charge in [0.15, 0.2) is 0 Å². The zero-order valence-corrected chi connectivity index (χ0v) is 13.9. The molecule has 3 heterocycles. The number of pyridine rings is 1. The topological polar surface area (TPSA) is 63.8 Å². The Balaban J connectivity index is 1.86. The van der Waals surface area contributed by atoms with Crippen molar-refractivity contribution in [2.24, 2.45) is 5.92 Å². The van der Waals surface area contributed by atoms with Crippen LogP contribution in [0.5, 0.6) is 0 Å². The second kappa shape index (κ2) is 5.85. The van der Waals surface area contributed by atoms with E-state index in [4.69, 9.17) is 4.52 Å². The number of halogens is 1. The summed E-state index contributed by atoms with van der Waals surface area (Å²) in [6.45, 7) is 6.47. The third-order valence-corrected chi connectivity index (χ3v) is 4.69. The van der Waals surface area contributed by atoms with E-state index in [2.05, 4.69) is 50.2 Å². The van der Waals surface area contributed by atoms with Gasteiger partial charge >= 0.3 is 0 Å². The third-order valence-electron chi connectivity index (χ3n) is 4.26. The summed E-state index contributed by atoms with van der Waals surface area (Å²) in [4.78, 5) is 8.75. The van der Waals surface area contributed by atoms with Crippen molar-refractivity contribution in [3.05, 3.63) is 28.8 Å². The van der Waals surface area contributed by atoms with Gasteiger partial charge in [-0.25, -0.2) is 0 Å². The molecule has 2 aromatic rings. The maximum Gasteiger partial charge on any atom is 0.232 e. The van der Waals surface area contributed by atoms with Crippen LogP contribution in [0.2, 0.25) is 0 Å². The van der Waals surface area contributed by atoms with E-state index in [1.807, 2.05) is 6.07 Å². The minimum atomic E-state index is -0.127. The lowest BCUT2D eigenvalue weighted by molar-refractivity contribution is 0.196. The monoisotopic (exact) mass is 350 g/mol. The van der Waals surface area contributed by atoms with Crippen LogP contribution in [-0.4, -0.2) is 28.2 Å². The van der Waals surface area contributed by atoms with Crippen molar-refractivity contribution in [1.82, 2.24) is 20.4 Å². The van der Waals surface area contributed by atoms with Gasteiger partial charge in [-0.3, -0.25) is 4.98 Å². The summed E-state index contributed by atoms with van der Waals surface area (Å²) in [5, 5.41) is 7.57. The van der Waals surface area contributed by atoms with Gasteiger partial charge < -0.3 is 9.84 Å². The van der Waals surface area contributed by atoms with Crippen LogP contribution >= 0.6 is 15.9 Å². The Morgan fingerprint density at radius 1 is 1.38 bits per heavy atom. The van der Waals surface area contributed by atoms with Gasteiger partial charge in [-0.15, -0.1) is 0 Å². The summed E-state index contributed by atoms with van der Waals surface area (Å²) in [6.07, 6.45) is 5.87. The molecule has 3 rings (SSSR count). The van der Waals surface area contributed by atoms with Gasteiger partial charge in [0.05, 0.1) is 0 Å². The maximum atomic E-state index is 5.54. The Hall–Kier alpha value is -1.27. The lowest BCUT2D eigenvalue weighted by Gasteiger charge is -2.34. The minimum absolute atomic E-state index is 0.127. The van der Waals surface area contributed by atoms with Gasteiger partial charge in [-0.05, 0) is 53.8 Å². The fraction of sp³-hybridized carbons (Fsp3) is 0.533. The molecule has 0 aliphatic carbocycles. The first-order chi connectivity index (χ1) is 10.1. The van der Waals surface area contributed by atoms with Crippen LogP contribution in [-0.2, 0) is 5.41 Å². The van der Waals surface area contributed by atoms with Crippen molar-refractivity contribution in [3.8, 4) is 11.4 Å². The zero-order valence-electron chi connectivity index (χ0n) is 12.3. The van der Waals surface area contributed by atoms with Gasteiger partial charge in [0.1, 0.15) is 0 Å². The summed E-state index contributed by atoms with van der Waals surface area (Å²) in [5.41, 5.74) is 0.731. The molecule has 0 saturated carbocycles. The first-order valence-corrected chi connectivity index (χ1v) is 8.02. The van der Waals surface area contributed by atoms with E-state index >= 15 is 0 Å². The van der Waals surface area contributed by atoms with Crippen LogP contribution in [0.25, 0.3) is 11.4 Å². The summed E-state index contributed by atoms with van der Waals surface area (Å²) in [7, 11) is 0. The van der Waals surface area contributed by atoms with Gasteiger partial charge in [-0.2, -0.15) is 4.98 Å². The van der Waals surface area contributed by atoms with Crippen molar-refractivity contribution in [2.75, 3.05) is 13.1 Å². The summed E-state index contributed by atoms with van der Waals surface area (Å²) in [6, 6.07) is 1.94. The average molecular weight is 351 g/mol. The molecule has 1 aliphatic heterocycles. The predicted octanol–water partition coefficient (Wildman–Crippen LogP) is 3.17. The van der Waals surface area contributed by atoms with Crippen LogP contribution < -0.4 is 5.32 Å². The number of hydrogen-bond donors (Lipinski definition) is 1. The van der Waals surface area contributed by atoms with Crippen LogP contribution in [0.4, 0.5) is 0 Å². The van der Waals surface area contributed by atoms with Crippen molar-refractivity contribution in [1.29, 1.82) is 0 Å². The first-order valence-electron chi connectivity index (χ1n) is 7.23. The van der Waals surface area contributed by atoms with E-state index in [1.165, 1.54) is 12.8 Å². The highest BCUT2D eigenvalue weighted by Crippen LogP contribution is 2.35. The molecule has 0 amide bonds. The van der Waals surface area contributed by atoms with E-state index < -0.39 is 0 Å². The number of hydrogen-bond acceptors (Lipinski definition) is 5. The number of nitrogens with zero attached hydrogens (tertiary/aromatic N) is 3. The number of aromatic nitrogens is 3. The molecule has 112 valence electrons. The average Bonchev–Trinajstić information content (AvgIpc) is 2.99. The normalized spacial score (nSPS) is 19.7. The SMILES string of the molecule is CC(C)(c1nc(-c2cncc(Br)c2)no1)C1CCCNC1. The Labute approximate surface area is 132 Å². The van der Waals surface area contributed by atoms with Crippen LogP contribution in [0.15, 0.2) is 27.5 Å². The quantitative estimate of drug-likeness (QED) is 0.920. The second-order valence-electron chi connectivity index (χ2n) is 6.08. The van der Waals surface area contributed by atoms with Gasteiger partial charge in [-0.1, -0.05) is 19.0 Å². The molecule has 1 atom stereocenters. The highest BCUT2D eigenvalue weighted by molar-refractivity contribution is 9.10. The van der Waals surface area contributed by atoms with Gasteiger partial charge in [0.2, 0.25) is 11.7 Å². The molecule has 6 heteroatoms. The highest BCUT2D eigenvalue weighted by Gasteiger charge is 2.37. The Bertz CT molecular complexity index is 620. The van der Waals surface area contributed by atoms with Crippen molar-refractivity contribution < 1.29 is 4.52 Å². The minimum Gasteiger partial charge on any atom is -0.338 e. The van der Waals surface area contributed by atoms with E-state index in [-0.39, 0.29) is 5.41 Å². The van der Waals surface area contributed by atoms with Crippen molar-refractivity contribution in [2.45, 2.75) is 32.1 Å². The van der Waals surface area contributed by atoms with Crippen LogP contribution in [0.1, 0.15) is 32.6 Å². The van der Waals surface area contributed by atoms with E-state index in [0.29, 0.717) is 17.6 Å². The molecule has 0 bridgehead atoms. The second-order valence-corrected chi connectivity index (χ2v) is 7.00. The lowest BCUT2D eigenvalue weighted by Crippen LogP contribution is -2.40. The molecule has 0 radical (unpaired) electrons. The lowest BCUT2D eigenvalue weighted by atomic mass is 9.75. The third kappa shape index (κ3) is 3.01. The summed E-state index contributed by atoms with van der Waals surface area (Å²) >= 11 is 3.41. The van der Waals surface area contributed by atoms with E-state index in [1.54, 1.807) is 12.4 Å². The molecule has 1 saturated heterocycles. The Morgan fingerprint density at radius 2 is 2.24 bits per heavy atom. The standard InChI is InChI=1S/C15H19BrN4O/c1-15(2,11-4-3-5-17-8-11)14-19-13(20-21-14)10-6-12(16)9-18-7-10/h6-7,9,11,17H,3-5,8H2,1-2H3. The van der Waals surface area contributed by atoms with Crippen LogP contribution in [0, 0.1) is 5.92 Å². The maximum absolute atomic E-state index is 5.54. The number of piperidine rings is 1. The largest absolute Gasteiger partial charge is 0.338 e. The molecule has 1 fully saturated rings. The van der Waals surface area contributed by atoms with Crippen molar-refractivity contribution in [3.63, 3.8) is 0 Å². The van der Waals surface area contributed by atoms with Gasteiger partial charge in [0.25, 0.3) is 0 Å². The fourth-order valence-corrected chi connectivity index (χ4v) is 3.14. The summed E-state index contributed by atoms with van der Waals surface area (Å²) < 4.78 is 6.45. The summed E-state index contributed by atoms with van der Waals surface area (Å²) in [5.74, 6) is 1.81. The highest BCUT2D eigenvalue weighted by atomic mass is 79.9. The van der Waals surface area contributed by atoms with Crippen molar-refractivity contribution >= 4 is 15.9 Å². The molecule has 0 spiro atoms. The molecule has 1 N–H and O–H groups in total. The molecular weight excluding hydrogens is 332 g/mol. The molecule has 2 aromatic heterocycles. The molecule has 1 aliphatic rings. The Morgan fingerprint density at radius 3 is 2.95 bits per heavy atom. The fourth-order valence-electron chi connectivity index (χ4n) is 2.78. The smallest absolute Gasteiger partial charge is 0.232 e. The van der Waals surface area contributed by atoms with E-state index in [9.17, 15) is 0 Å². The Kier molecular flexibility index (Phi) is 4.08. The molecule has 1 unspecified atom stereocenters. The number of rotatable bonds is 3. The predicted molar refractivity (Wildman–Crippen MR) is 83.8 cm³/mol. The van der Waals surface area contributed by atoms with Gasteiger partial charge in [0, 0.05) is 27.8 Å². The molecule has 5 nitrogen and oxygen atoms in total. The molecule has 0 aromatic carbocycles. The first kappa shape index (κ1) is 14.7. The van der Waals surface area contributed by atoms with Crippen LogP contribution in [0.3, 0.4) is 0 Å². The van der Waals surface area contributed by atoms with E-state index in [0.717, 1.165) is 23.1 Å². The zero-order chi connectivity index (χ0) is 14.9. The molecular formula is C15H19BrN4O. The molecule has 21 heavy (non-hydrogen) atoms.